The standard InChI is InChI=1S/C38H38N4O3/c1-24-4-6-29(7-5-24)34-22-42(21-27-12-14-45-15-13-27)23-35(36(34)43)38(44)41-32-10-8-28(9-11-32)33-19-31(20-40-37(33)39)30-17-25(2)16-26(3)18-30/h4-11,16-20,22-23,27H,12-15,21H2,1-3H3,(H2,39,40)(H,41,44). The summed E-state index contributed by atoms with van der Waals surface area (Å²) in [5.41, 5.74) is 15.2. The second kappa shape index (κ2) is 12.9. The summed E-state index contributed by atoms with van der Waals surface area (Å²) in [5.74, 6) is 0.407. The number of nitrogens with zero attached hydrogens (tertiary/aromatic N) is 2. The SMILES string of the molecule is Cc1ccc(-c2cn(CC3CCOCC3)cc(C(=O)Nc3ccc(-c4cc(-c5cc(C)cc(C)c5)cnc4N)cc3)c2=O)cc1. The summed E-state index contributed by atoms with van der Waals surface area (Å²) in [7, 11) is 0. The second-order valence-corrected chi connectivity index (χ2v) is 12.1. The number of anilines is 2. The summed E-state index contributed by atoms with van der Waals surface area (Å²) in [6.45, 7) is 8.35. The van der Waals surface area contributed by atoms with Crippen LogP contribution in [0.15, 0.2) is 96.2 Å². The Balaban J connectivity index is 1.27. The van der Waals surface area contributed by atoms with Crippen LogP contribution in [0.1, 0.15) is 39.9 Å². The molecule has 0 saturated carbocycles. The largest absolute Gasteiger partial charge is 0.383 e. The maximum atomic E-state index is 13.7. The molecule has 7 heteroatoms. The Labute approximate surface area is 263 Å². The van der Waals surface area contributed by atoms with E-state index in [0.717, 1.165) is 59.4 Å². The van der Waals surface area contributed by atoms with Crippen molar-refractivity contribution in [3.05, 3.63) is 124 Å². The van der Waals surface area contributed by atoms with Gasteiger partial charge in [-0.1, -0.05) is 71.3 Å². The lowest BCUT2D eigenvalue weighted by atomic mass is 9.98. The molecule has 1 fully saturated rings. The Morgan fingerprint density at radius 3 is 2.16 bits per heavy atom. The highest BCUT2D eigenvalue weighted by atomic mass is 16.5. The number of carbonyl (C=O) groups is 1. The molecule has 1 aliphatic heterocycles. The monoisotopic (exact) mass is 598 g/mol. The number of nitrogen functional groups attached to an aromatic ring is 1. The maximum absolute atomic E-state index is 13.7. The van der Waals surface area contributed by atoms with Gasteiger partial charge in [0.2, 0.25) is 5.43 Å². The number of carbonyl (C=O) groups excluding carboxylic acids is 1. The van der Waals surface area contributed by atoms with Crippen molar-refractivity contribution < 1.29 is 9.53 Å². The number of hydrogen-bond acceptors (Lipinski definition) is 5. The number of aryl methyl sites for hydroxylation is 3. The molecule has 0 unspecified atom stereocenters. The maximum Gasteiger partial charge on any atom is 0.261 e. The third-order valence-corrected chi connectivity index (χ3v) is 8.42. The van der Waals surface area contributed by atoms with Gasteiger partial charge in [-0.25, -0.2) is 4.98 Å². The van der Waals surface area contributed by atoms with Crippen molar-refractivity contribution >= 4 is 17.4 Å². The zero-order chi connectivity index (χ0) is 31.5. The van der Waals surface area contributed by atoms with Gasteiger partial charge in [-0.05, 0) is 74.4 Å². The Bertz CT molecular complexity index is 1880. The van der Waals surface area contributed by atoms with E-state index in [9.17, 15) is 9.59 Å². The fourth-order valence-corrected chi connectivity index (χ4v) is 6.00. The van der Waals surface area contributed by atoms with Crippen molar-refractivity contribution in [1.82, 2.24) is 9.55 Å². The average Bonchev–Trinajstić information content (AvgIpc) is 3.03. The quantitative estimate of drug-likeness (QED) is 0.203. The van der Waals surface area contributed by atoms with Crippen molar-refractivity contribution in [3.63, 3.8) is 0 Å². The van der Waals surface area contributed by atoms with Crippen LogP contribution in [0.25, 0.3) is 33.4 Å². The number of ether oxygens (including phenoxy) is 1. The molecule has 0 spiro atoms. The van der Waals surface area contributed by atoms with Crippen LogP contribution in [-0.2, 0) is 11.3 Å². The molecular formula is C38H38N4O3. The number of benzene rings is 3. The fourth-order valence-electron chi connectivity index (χ4n) is 6.00. The number of aromatic nitrogens is 2. The molecular weight excluding hydrogens is 560 g/mol. The summed E-state index contributed by atoms with van der Waals surface area (Å²) in [5, 5.41) is 2.94. The number of hydrogen-bond donors (Lipinski definition) is 2. The van der Waals surface area contributed by atoms with Gasteiger partial charge in [-0.15, -0.1) is 0 Å². The average molecular weight is 599 g/mol. The smallest absolute Gasteiger partial charge is 0.261 e. The molecule has 0 atom stereocenters. The van der Waals surface area contributed by atoms with Gasteiger partial charge in [0.1, 0.15) is 11.4 Å². The summed E-state index contributed by atoms with van der Waals surface area (Å²) < 4.78 is 7.52. The van der Waals surface area contributed by atoms with E-state index in [0.29, 0.717) is 29.5 Å². The molecule has 228 valence electrons. The van der Waals surface area contributed by atoms with Crippen LogP contribution in [0, 0.1) is 26.7 Å². The molecule has 2 aromatic heterocycles. The zero-order valence-electron chi connectivity index (χ0n) is 26.0. The Hall–Kier alpha value is -5.01. The molecule has 5 aromatic rings. The lowest BCUT2D eigenvalue weighted by molar-refractivity contribution is 0.0612. The van der Waals surface area contributed by atoms with E-state index in [1.807, 2.05) is 72.3 Å². The van der Waals surface area contributed by atoms with E-state index >= 15 is 0 Å². The van der Waals surface area contributed by atoms with E-state index in [-0.39, 0.29) is 11.0 Å². The predicted octanol–water partition coefficient (Wildman–Crippen LogP) is 7.43. The van der Waals surface area contributed by atoms with Crippen LogP contribution in [0.2, 0.25) is 0 Å². The molecule has 0 aliphatic carbocycles. The van der Waals surface area contributed by atoms with Gasteiger partial charge in [0.15, 0.2) is 0 Å². The summed E-state index contributed by atoms with van der Waals surface area (Å²) in [6.07, 6.45) is 7.25. The molecule has 7 nitrogen and oxygen atoms in total. The number of rotatable bonds is 7. The number of nitrogens with one attached hydrogen (secondary N) is 1. The molecule has 1 aliphatic rings. The molecule has 0 radical (unpaired) electrons. The molecule has 3 heterocycles. The van der Waals surface area contributed by atoms with Gasteiger partial charge in [0.05, 0.1) is 0 Å². The minimum atomic E-state index is -0.444. The van der Waals surface area contributed by atoms with Crippen LogP contribution in [-0.4, -0.2) is 28.7 Å². The van der Waals surface area contributed by atoms with Gasteiger partial charge < -0.3 is 20.4 Å². The lowest BCUT2D eigenvalue weighted by Crippen LogP contribution is -2.26. The lowest BCUT2D eigenvalue weighted by Gasteiger charge is -2.23. The number of pyridine rings is 2. The van der Waals surface area contributed by atoms with Gasteiger partial charge in [-0.2, -0.15) is 0 Å². The normalized spacial score (nSPS) is 13.5. The van der Waals surface area contributed by atoms with Gasteiger partial charge in [0, 0.05) is 60.7 Å². The van der Waals surface area contributed by atoms with E-state index in [2.05, 4.69) is 42.3 Å². The Kier molecular flexibility index (Phi) is 8.62. The van der Waals surface area contributed by atoms with Gasteiger partial charge >= 0.3 is 0 Å². The summed E-state index contributed by atoms with van der Waals surface area (Å²) >= 11 is 0. The van der Waals surface area contributed by atoms with Crippen molar-refractivity contribution in [2.24, 2.45) is 5.92 Å². The second-order valence-electron chi connectivity index (χ2n) is 12.1. The third kappa shape index (κ3) is 6.89. The van der Waals surface area contributed by atoms with E-state index in [1.165, 1.54) is 11.1 Å². The third-order valence-electron chi connectivity index (χ3n) is 8.42. The molecule has 3 aromatic carbocycles. The summed E-state index contributed by atoms with van der Waals surface area (Å²) in [6, 6.07) is 23.7. The van der Waals surface area contributed by atoms with Crippen LogP contribution in [0.3, 0.4) is 0 Å². The van der Waals surface area contributed by atoms with E-state index in [4.69, 9.17) is 10.5 Å². The molecule has 45 heavy (non-hydrogen) atoms. The molecule has 1 amide bonds. The molecule has 6 rings (SSSR count). The molecule has 3 N–H and O–H groups in total. The van der Waals surface area contributed by atoms with Crippen LogP contribution >= 0.6 is 0 Å². The minimum absolute atomic E-state index is 0.110. The minimum Gasteiger partial charge on any atom is -0.383 e. The number of nitrogens with two attached hydrogens (primary N) is 1. The summed E-state index contributed by atoms with van der Waals surface area (Å²) in [4.78, 5) is 31.8. The highest BCUT2D eigenvalue weighted by Gasteiger charge is 2.20. The first kappa shape index (κ1) is 30.0. The first-order chi connectivity index (χ1) is 21.7. The first-order valence-electron chi connectivity index (χ1n) is 15.4. The molecule has 1 saturated heterocycles. The van der Waals surface area contributed by atoms with Crippen LogP contribution < -0.4 is 16.5 Å². The Morgan fingerprint density at radius 1 is 0.822 bits per heavy atom. The number of amides is 1. The predicted molar refractivity (Wildman–Crippen MR) is 181 cm³/mol. The molecule has 0 bridgehead atoms. The van der Waals surface area contributed by atoms with Gasteiger partial charge in [-0.3, -0.25) is 9.59 Å². The highest BCUT2D eigenvalue weighted by Crippen LogP contribution is 2.31. The van der Waals surface area contributed by atoms with E-state index in [1.54, 1.807) is 12.4 Å². The highest BCUT2D eigenvalue weighted by molar-refractivity contribution is 6.04. The fraction of sp³-hybridized carbons (Fsp3) is 0.237. The topological polar surface area (TPSA) is 99.2 Å². The van der Waals surface area contributed by atoms with Crippen molar-refractivity contribution in [2.45, 2.75) is 40.2 Å². The van der Waals surface area contributed by atoms with Crippen LogP contribution in [0.4, 0.5) is 11.5 Å². The van der Waals surface area contributed by atoms with Crippen LogP contribution in [0.5, 0.6) is 0 Å². The zero-order valence-corrected chi connectivity index (χ0v) is 26.0. The van der Waals surface area contributed by atoms with E-state index < -0.39 is 5.91 Å². The van der Waals surface area contributed by atoms with Crippen molar-refractivity contribution in [1.29, 1.82) is 0 Å². The van der Waals surface area contributed by atoms with Crippen molar-refractivity contribution in [2.75, 3.05) is 24.3 Å². The first-order valence-corrected chi connectivity index (χ1v) is 15.4. The van der Waals surface area contributed by atoms with Gasteiger partial charge in [0.25, 0.3) is 5.91 Å². The Morgan fingerprint density at radius 2 is 1.47 bits per heavy atom. The van der Waals surface area contributed by atoms with Crippen molar-refractivity contribution in [3.8, 4) is 33.4 Å².